The standard InChI is InChI=1S/C19H29N3O3S.ClH/c23-19(21-17-11-12-20-15-17)10-7-16-5-8-18(9-6-16)26(24,25)22-13-3-1-2-4-14-22;/h5-6,8-9,17,20H,1-4,7,10-15H2,(H,21,23);1H. The number of benzene rings is 1. The molecule has 2 aliphatic rings. The molecule has 1 aromatic rings. The molecule has 1 atom stereocenters. The molecule has 3 rings (SSSR count). The fraction of sp³-hybridized carbons (Fsp3) is 0.632. The van der Waals surface area contributed by atoms with Crippen LogP contribution in [0, 0.1) is 0 Å². The van der Waals surface area contributed by atoms with Crippen LogP contribution in [-0.4, -0.2) is 50.9 Å². The molecule has 27 heavy (non-hydrogen) atoms. The summed E-state index contributed by atoms with van der Waals surface area (Å²) in [5, 5.41) is 6.26. The van der Waals surface area contributed by atoms with E-state index in [0.717, 1.165) is 50.8 Å². The van der Waals surface area contributed by atoms with Gasteiger partial charge in [0.15, 0.2) is 0 Å². The fourth-order valence-corrected chi connectivity index (χ4v) is 5.11. The van der Waals surface area contributed by atoms with Crippen molar-refractivity contribution in [3.05, 3.63) is 29.8 Å². The van der Waals surface area contributed by atoms with Gasteiger partial charge in [-0.05, 0) is 49.9 Å². The van der Waals surface area contributed by atoms with Crippen molar-refractivity contribution in [3.8, 4) is 0 Å². The summed E-state index contributed by atoms with van der Waals surface area (Å²) in [5.74, 6) is 0.0555. The molecule has 1 aromatic carbocycles. The van der Waals surface area contributed by atoms with Crippen molar-refractivity contribution < 1.29 is 13.2 Å². The van der Waals surface area contributed by atoms with Gasteiger partial charge in [0.05, 0.1) is 4.90 Å². The number of amides is 1. The number of hydrogen-bond donors (Lipinski definition) is 2. The minimum absolute atomic E-state index is 0. The number of nitrogens with zero attached hydrogens (tertiary/aromatic N) is 1. The van der Waals surface area contributed by atoms with Crippen molar-refractivity contribution >= 4 is 28.3 Å². The van der Waals surface area contributed by atoms with E-state index in [1.807, 2.05) is 12.1 Å². The van der Waals surface area contributed by atoms with Gasteiger partial charge in [-0.15, -0.1) is 12.4 Å². The summed E-state index contributed by atoms with van der Waals surface area (Å²) in [7, 11) is -3.40. The Morgan fingerprint density at radius 1 is 1.11 bits per heavy atom. The largest absolute Gasteiger partial charge is 0.352 e. The smallest absolute Gasteiger partial charge is 0.243 e. The molecule has 2 saturated heterocycles. The Morgan fingerprint density at radius 3 is 2.37 bits per heavy atom. The quantitative estimate of drug-likeness (QED) is 0.745. The van der Waals surface area contributed by atoms with Crippen LogP contribution >= 0.6 is 12.4 Å². The van der Waals surface area contributed by atoms with Crippen molar-refractivity contribution in [3.63, 3.8) is 0 Å². The van der Waals surface area contributed by atoms with Gasteiger partial charge in [0, 0.05) is 32.1 Å². The maximum absolute atomic E-state index is 12.8. The van der Waals surface area contributed by atoms with Crippen LogP contribution in [0.1, 0.15) is 44.1 Å². The molecule has 0 radical (unpaired) electrons. The summed E-state index contributed by atoms with van der Waals surface area (Å²) in [5.41, 5.74) is 0.986. The van der Waals surface area contributed by atoms with Crippen molar-refractivity contribution in [2.75, 3.05) is 26.2 Å². The second kappa shape index (κ2) is 10.4. The Balaban J connectivity index is 0.00000261. The van der Waals surface area contributed by atoms with E-state index in [2.05, 4.69) is 10.6 Å². The lowest BCUT2D eigenvalue weighted by atomic mass is 10.1. The van der Waals surface area contributed by atoms with Crippen LogP contribution in [0.5, 0.6) is 0 Å². The minimum atomic E-state index is -3.40. The SMILES string of the molecule is Cl.O=C(CCc1ccc(S(=O)(=O)N2CCCCCC2)cc1)NC1CCNC1. The van der Waals surface area contributed by atoms with Crippen LogP contribution in [0.4, 0.5) is 0 Å². The number of rotatable bonds is 6. The second-order valence-electron chi connectivity index (χ2n) is 7.22. The van der Waals surface area contributed by atoms with E-state index >= 15 is 0 Å². The highest BCUT2D eigenvalue weighted by Gasteiger charge is 2.25. The zero-order chi connectivity index (χ0) is 18.4. The van der Waals surface area contributed by atoms with Crippen LogP contribution in [0.15, 0.2) is 29.2 Å². The van der Waals surface area contributed by atoms with E-state index < -0.39 is 10.0 Å². The third-order valence-corrected chi connectivity index (χ3v) is 7.11. The maximum atomic E-state index is 12.8. The first kappa shape index (κ1) is 22.1. The molecule has 2 N–H and O–H groups in total. The Labute approximate surface area is 168 Å². The van der Waals surface area contributed by atoms with Crippen molar-refractivity contribution in [2.45, 2.75) is 55.9 Å². The molecule has 2 aliphatic heterocycles. The molecular formula is C19H30ClN3O3S. The highest BCUT2D eigenvalue weighted by Crippen LogP contribution is 2.21. The summed E-state index contributed by atoms with van der Waals surface area (Å²) in [6, 6.07) is 7.25. The summed E-state index contributed by atoms with van der Waals surface area (Å²) in [4.78, 5) is 12.3. The Morgan fingerprint density at radius 2 is 1.78 bits per heavy atom. The third kappa shape index (κ3) is 6.17. The molecule has 1 amide bonds. The lowest BCUT2D eigenvalue weighted by Crippen LogP contribution is -2.36. The number of halogens is 1. The molecular weight excluding hydrogens is 386 g/mol. The number of nitrogens with one attached hydrogen (secondary N) is 2. The molecule has 0 saturated carbocycles. The topological polar surface area (TPSA) is 78.5 Å². The predicted octanol–water partition coefficient (Wildman–Crippen LogP) is 2.08. The zero-order valence-corrected chi connectivity index (χ0v) is 17.3. The van der Waals surface area contributed by atoms with Crippen molar-refractivity contribution in [1.82, 2.24) is 14.9 Å². The molecule has 6 nitrogen and oxygen atoms in total. The monoisotopic (exact) mass is 415 g/mol. The molecule has 8 heteroatoms. The van der Waals surface area contributed by atoms with E-state index in [9.17, 15) is 13.2 Å². The molecule has 2 fully saturated rings. The lowest BCUT2D eigenvalue weighted by molar-refractivity contribution is -0.121. The normalized spacial score (nSPS) is 21.3. The van der Waals surface area contributed by atoms with E-state index in [1.165, 1.54) is 0 Å². The Bertz CT molecular complexity index is 695. The highest BCUT2D eigenvalue weighted by atomic mass is 35.5. The van der Waals surface area contributed by atoms with Gasteiger partial charge >= 0.3 is 0 Å². The molecule has 152 valence electrons. The molecule has 0 aliphatic carbocycles. The van der Waals surface area contributed by atoms with Gasteiger partial charge in [-0.1, -0.05) is 25.0 Å². The van der Waals surface area contributed by atoms with Crippen LogP contribution in [0.2, 0.25) is 0 Å². The summed E-state index contributed by atoms with van der Waals surface area (Å²) >= 11 is 0. The van der Waals surface area contributed by atoms with Gasteiger partial charge in [-0.3, -0.25) is 4.79 Å². The minimum Gasteiger partial charge on any atom is -0.352 e. The van der Waals surface area contributed by atoms with E-state index in [-0.39, 0.29) is 24.4 Å². The highest BCUT2D eigenvalue weighted by molar-refractivity contribution is 7.89. The summed E-state index contributed by atoms with van der Waals surface area (Å²) in [6.45, 7) is 3.02. The molecule has 0 bridgehead atoms. The number of carbonyl (C=O) groups excluding carboxylic acids is 1. The van der Waals surface area contributed by atoms with Gasteiger partial charge in [0.1, 0.15) is 0 Å². The van der Waals surface area contributed by atoms with Crippen LogP contribution in [0.3, 0.4) is 0 Å². The summed E-state index contributed by atoms with van der Waals surface area (Å²) < 4.78 is 27.1. The zero-order valence-electron chi connectivity index (χ0n) is 15.7. The predicted molar refractivity (Wildman–Crippen MR) is 109 cm³/mol. The average Bonchev–Trinajstić information content (AvgIpc) is 2.98. The van der Waals surface area contributed by atoms with Gasteiger partial charge in [-0.2, -0.15) is 4.31 Å². The second-order valence-corrected chi connectivity index (χ2v) is 9.16. The first-order valence-electron chi connectivity index (χ1n) is 9.65. The van der Waals surface area contributed by atoms with Crippen LogP contribution in [-0.2, 0) is 21.2 Å². The molecule has 0 aromatic heterocycles. The third-order valence-electron chi connectivity index (χ3n) is 5.19. The van der Waals surface area contributed by atoms with Crippen LogP contribution in [0.25, 0.3) is 0 Å². The Hall–Kier alpha value is -1.15. The molecule has 0 spiro atoms. The number of aryl methyl sites for hydroxylation is 1. The van der Waals surface area contributed by atoms with E-state index in [1.54, 1.807) is 16.4 Å². The number of hydrogen-bond acceptors (Lipinski definition) is 4. The fourth-order valence-electron chi connectivity index (χ4n) is 3.59. The van der Waals surface area contributed by atoms with E-state index in [0.29, 0.717) is 30.8 Å². The van der Waals surface area contributed by atoms with Gasteiger partial charge in [0.2, 0.25) is 15.9 Å². The summed E-state index contributed by atoms with van der Waals surface area (Å²) in [6.07, 6.45) is 6.10. The Kier molecular flexibility index (Phi) is 8.54. The average molecular weight is 416 g/mol. The molecule has 2 heterocycles. The number of sulfonamides is 1. The van der Waals surface area contributed by atoms with Crippen LogP contribution < -0.4 is 10.6 Å². The van der Waals surface area contributed by atoms with Gasteiger partial charge in [-0.25, -0.2) is 8.42 Å². The first-order chi connectivity index (χ1) is 12.6. The lowest BCUT2D eigenvalue weighted by Gasteiger charge is -2.20. The van der Waals surface area contributed by atoms with Gasteiger partial charge < -0.3 is 10.6 Å². The molecule has 1 unspecified atom stereocenters. The van der Waals surface area contributed by atoms with Crippen molar-refractivity contribution in [1.29, 1.82) is 0 Å². The van der Waals surface area contributed by atoms with Gasteiger partial charge in [0.25, 0.3) is 0 Å². The van der Waals surface area contributed by atoms with Crippen molar-refractivity contribution in [2.24, 2.45) is 0 Å². The first-order valence-corrected chi connectivity index (χ1v) is 11.1. The number of carbonyl (C=O) groups is 1. The van der Waals surface area contributed by atoms with E-state index in [4.69, 9.17) is 0 Å². The maximum Gasteiger partial charge on any atom is 0.243 e.